The molecule has 16 heavy (non-hydrogen) atoms. The van der Waals surface area contributed by atoms with Crippen molar-refractivity contribution < 1.29 is 9.53 Å². The first kappa shape index (κ1) is 15.5. The molecule has 0 unspecified atom stereocenters. The fourth-order valence-corrected chi connectivity index (χ4v) is 1.85. The normalized spacial score (nSPS) is 11.4. The Morgan fingerprint density at radius 2 is 1.44 bits per heavy atom. The summed E-state index contributed by atoms with van der Waals surface area (Å²) < 4.78 is 4.88. The Morgan fingerprint density at radius 1 is 0.938 bits per heavy atom. The van der Waals surface area contributed by atoms with E-state index in [9.17, 15) is 4.79 Å². The minimum atomic E-state index is -0.329. The van der Waals surface area contributed by atoms with Crippen LogP contribution in [0.2, 0.25) is 0 Å². The molecule has 0 amide bonds. The van der Waals surface area contributed by atoms with Crippen molar-refractivity contribution in [2.45, 2.75) is 84.2 Å². The highest BCUT2D eigenvalue weighted by Crippen LogP contribution is 2.18. The predicted molar refractivity (Wildman–Crippen MR) is 68.1 cm³/mol. The van der Waals surface area contributed by atoms with Crippen molar-refractivity contribution in [3.8, 4) is 0 Å². The van der Waals surface area contributed by atoms with Gasteiger partial charge in [-0.2, -0.15) is 0 Å². The van der Waals surface area contributed by atoms with Gasteiger partial charge in [0.2, 0.25) is 0 Å². The van der Waals surface area contributed by atoms with Gasteiger partial charge in [0.15, 0.2) is 0 Å². The van der Waals surface area contributed by atoms with Crippen LogP contribution in [-0.4, -0.2) is 12.1 Å². The third-order valence-electron chi connectivity index (χ3n) is 2.95. The molecule has 0 N–H and O–H groups in total. The lowest BCUT2D eigenvalue weighted by molar-refractivity contribution is 0.0772. The van der Waals surface area contributed by atoms with E-state index in [0.29, 0.717) is 0 Å². The van der Waals surface area contributed by atoms with Crippen molar-refractivity contribution in [3.05, 3.63) is 0 Å². The summed E-state index contributed by atoms with van der Waals surface area (Å²) in [4.78, 5) is 10.1. The molecular weight excluding hydrogens is 200 g/mol. The first-order valence-corrected chi connectivity index (χ1v) is 6.67. The number of ether oxygens (including phenoxy) is 1. The van der Waals surface area contributed by atoms with E-state index >= 15 is 0 Å². The fraction of sp³-hybridized carbons (Fsp3) is 0.929. The molecule has 0 saturated carbocycles. The maximum atomic E-state index is 10.1. The Balaban J connectivity index is 3.23. The first-order valence-electron chi connectivity index (χ1n) is 6.67. The van der Waals surface area contributed by atoms with Crippen LogP contribution in [0.1, 0.15) is 78.6 Å². The van der Waals surface area contributed by atoms with Gasteiger partial charge in [-0.05, 0) is 26.7 Å². The molecule has 0 rings (SSSR count). The fourth-order valence-electron chi connectivity index (χ4n) is 1.85. The maximum absolute atomic E-state index is 10.1. The minimum Gasteiger partial charge on any atom is -0.451 e. The molecule has 0 aliphatic carbocycles. The second kappa shape index (κ2) is 9.68. The van der Waals surface area contributed by atoms with Gasteiger partial charge in [-0.25, -0.2) is 4.79 Å². The highest BCUT2D eigenvalue weighted by atomic mass is 16.5. The van der Waals surface area contributed by atoms with Crippen molar-refractivity contribution in [2.75, 3.05) is 0 Å². The Hall–Kier alpha value is -0.530. The standard InChI is InChI=1S/C14H27O2/c1-4-5-6-7-8-9-10-11-12-14(2,3)16-13-15/h4-12H2,1-3H3. The highest BCUT2D eigenvalue weighted by molar-refractivity contribution is 5.39. The molecule has 0 spiro atoms. The minimum absolute atomic E-state index is 0.329. The van der Waals surface area contributed by atoms with Gasteiger partial charge in [-0.1, -0.05) is 51.9 Å². The molecule has 0 aromatic carbocycles. The average Bonchev–Trinajstić information content (AvgIpc) is 2.22. The molecule has 1 radical (unpaired) electrons. The molecule has 0 atom stereocenters. The molecule has 0 heterocycles. The van der Waals surface area contributed by atoms with Gasteiger partial charge in [0.1, 0.15) is 5.60 Å². The van der Waals surface area contributed by atoms with Crippen molar-refractivity contribution in [3.63, 3.8) is 0 Å². The van der Waals surface area contributed by atoms with Gasteiger partial charge in [-0.15, -0.1) is 0 Å². The molecular formula is C14H27O2. The van der Waals surface area contributed by atoms with E-state index in [2.05, 4.69) is 6.92 Å². The zero-order chi connectivity index (χ0) is 12.3. The topological polar surface area (TPSA) is 26.3 Å². The van der Waals surface area contributed by atoms with Crippen LogP contribution in [0.25, 0.3) is 0 Å². The summed E-state index contributed by atoms with van der Waals surface area (Å²) >= 11 is 0. The second-order valence-corrected chi connectivity index (χ2v) is 5.17. The van der Waals surface area contributed by atoms with Crippen molar-refractivity contribution >= 4 is 6.47 Å². The zero-order valence-corrected chi connectivity index (χ0v) is 11.2. The Bertz CT molecular complexity index is 164. The maximum Gasteiger partial charge on any atom is 0.418 e. The van der Waals surface area contributed by atoms with Gasteiger partial charge in [0, 0.05) is 0 Å². The van der Waals surface area contributed by atoms with E-state index in [4.69, 9.17) is 4.74 Å². The van der Waals surface area contributed by atoms with E-state index in [0.717, 1.165) is 12.8 Å². The van der Waals surface area contributed by atoms with Crippen molar-refractivity contribution in [1.29, 1.82) is 0 Å². The number of unbranched alkanes of at least 4 members (excludes halogenated alkanes) is 7. The molecule has 0 aromatic heterocycles. The quantitative estimate of drug-likeness (QED) is 0.490. The van der Waals surface area contributed by atoms with Crippen LogP contribution in [0.5, 0.6) is 0 Å². The third kappa shape index (κ3) is 10.0. The van der Waals surface area contributed by atoms with Crippen LogP contribution >= 0.6 is 0 Å². The largest absolute Gasteiger partial charge is 0.451 e. The molecule has 0 aliphatic rings. The van der Waals surface area contributed by atoms with Gasteiger partial charge in [-0.3, -0.25) is 0 Å². The predicted octanol–water partition coefficient (Wildman–Crippen LogP) is 4.38. The Kier molecular flexibility index (Phi) is 9.36. The Morgan fingerprint density at radius 3 is 1.94 bits per heavy atom. The highest BCUT2D eigenvalue weighted by Gasteiger charge is 2.17. The van der Waals surface area contributed by atoms with E-state index in [1.807, 2.05) is 13.8 Å². The van der Waals surface area contributed by atoms with Crippen molar-refractivity contribution in [1.82, 2.24) is 0 Å². The van der Waals surface area contributed by atoms with Crippen LogP contribution < -0.4 is 0 Å². The first-order chi connectivity index (χ1) is 7.62. The van der Waals surface area contributed by atoms with Gasteiger partial charge < -0.3 is 4.74 Å². The molecule has 0 fully saturated rings. The summed E-state index contributed by atoms with van der Waals surface area (Å²) in [6.07, 6.45) is 11.4. The molecule has 0 aliphatic heterocycles. The monoisotopic (exact) mass is 227 g/mol. The lowest BCUT2D eigenvalue weighted by Gasteiger charge is -2.21. The average molecular weight is 227 g/mol. The molecule has 95 valence electrons. The SMILES string of the molecule is CCCCCCCCCCC(C)(C)O[C]=O. The lowest BCUT2D eigenvalue weighted by Crippen LogP contribution is -2.23. The number of carbonyl (C=O) groups excluding carboxylic acids is 1. The molecule has 2 heteroatoms. The van der Waals surface area contributed by atoms with Gasteiger partial charge in [0.25, 0.3) is 0 Å². The van der Waals surface area contributed by atoms with Crippen LogP contribution in [0.3, 0.4) is 0 Å². The summed E-state index contributed by atoms with van der Waals surface area (Å²) in [5.41, 5.74) is -0.329. The van der Waals surface area contributed by atoms with Crippen LogP contribution in [0.4, 0.5) is 0 Å². The Labute approximate surface area is 101 Å². The van der Waals surface area contributed by atoms with Crippen LogP contribution in [0.15, 0.2) is 0 Å². The van der Waals surface area contributed by atoms with Crippen LogP contribution in [-0.2, 0) is 9.53 Å². The number of hydrogen-bond donors (Lipinski definition) is 0. The lowest BCUT2D eigenvalue weighted by atomic mass is 9.99. The molecule has 0 aromatic rings. The smallest absolute Gasteiger partial charge is 0.418 e. The molecule has 2 nitrogen and oxygen atoms in total. The van der Waals surface area contributed by atoms with Gasteiger partial charge >= 0.3 is 6.47 Å². The summed E-state index contributed by atoms with van der Waals surface area (Å²) in [5.74, 6) is 0. The van der Waals surface area contributed by atoms with E-state index in [1.165, 1.54) is 51.4 Å². The molecule has 0 saturated heterocycles. The second-order valence-electron chi connectivity index (χ2n) is 5.17. The van der Waals surface area contributed by atoms with E-state index in [1.54, 1.807) is 0 Å². The van der Waals surface area contributed by atoms with Crippen molar-refractivity contribution in [2.24, 2.45) is 0 Å². The molecule has 0 bridgehead atoms. The summed E-state index contributed by atoms with van der Waals surface area (Å²) in [6.45, 7) is 7.66. The summed E-state index contributed by atoms with van der Waals surface area (Å²) in [6, 6.07) is 0. The van der Waals surface area contributed by atoms with E-state index in [-0.39, 0.29) is 5.60 Å². The zero-order valence-electron chi connectivity index (χ0n) is 11.2. The summed E-state index contributed by atoms with van der Waals surface area (Å²) in [7, 11) is 0. The van der Waals surface area contributed by atoms with Crippen LogP contribution in [0, 0.1) is 0 Å². The van der Waals surface area contributed by atoms with Gasteiger partial charge in [0.05, 0.1) is 0 Å². The third-order valence-corrected chi connectivity index (χ3v) is 2.95. The number of rotatable bonds is 11. The van der Waals surface area contributed by atoms with E-state index < -0.39 is 0 Å². The number of hydrogen-bond acceptors (Lipinski definition) is 2. The summed E-state index contributed by atoms with van der Waals surface area (Å²) in [5, 5.41) is 0.